The zero-order chi connectivity index (χ0) is 16.9. The van der Waals surface area contributed by atoms with Gasteiger partial charge >= 0.3 is 0 Å². The predicted molar refractivity (Wildman–Crippen MR) is 89.6 cm³/mol. The molecular weight excluding hydrogens is 360 g/mol. The lowest BCUT2D eigenvalue weighted by Crippen LogP contribution is -2.23. The van der Waals surface area contributed by atoms with E-state index in [1.165, 1.54) is 0 Å². The van der Waals surface area contributed by atoms with Gasteiger partial charge in [-0.15, -0.1) is 0 Å². The molecule has 1 aliphatic rings. The number of ketones is 2. The van der Waals surface area contributed by atoms with E-state index in [1.807, 2.05) is 13.8 Å². The normalized spacial score (nSPS) is 13.1. The largest absolute Gasteiger partial charge is 0.506 e. The molecule has 0 heterocycles. The molecule has 4 nitrogen and oxygen atoms in total. The second-order valence-electron chi connectivity index (χ2n) is 5.78. The highest BCUT2D eigenvalue weighted by Gasteiger charge is 2.35. The molecule has 2 aromatic rings. The Morgan fingerprint density at radius 3 is 2.43 bits per heavy atom. The van der Waals surface area contributed by atoms with Crippen molar-refractivity contribution in [2.45, 2.75) is 26.9 Å². The minimum atomic E-state index is -0.399. The third-order valence-electron chi connectivity index (χ3n) is 3.75. The molecule has 0 fully saturated rings. The van der Waals surface area contributed by atoms with Crippen LogP contribution < -0.4 is 4.74 Å². The molecule has 3 rings (SSSR count). The minimum Gasteiger partial charge on any atom is -0.506 e. The standard InChI is InChI=1S/C18H15BrO4/c1-8(2)23-12-6-4-5-10-13(12)17(21)14-11(16(10)20)7-9(3)15(19)18(14)22/h4-8,22H,1-3H3. The summed E-state index contributed by atoms with van der Waals surface area (Å²) in [6, 6.07) is 6.59. The van der Waals surface area contributed by atoms with Gasteiger partial charge in [0, 0.05) is 11.1 Å². The van der Waals surface area contributed by atoms with Crippen molar-refractivity contribution in [1.29, 1.82) is 0 Å². The summed E-state index contributed by atoms with van der Waals surface area (Å²) in [7, 11) is 0. The smallest absolute Gasteiger partial charge is 0.202 e. The highest BCUT2D eigenvalue weighted by molar-refractivity contribution is 9.10. The summed E-state index contributed by atoms with van der Waals surface area (Å²) in [5, 5.41) is 10.4. The Morgan fingerprint density at radius 2 is 1.78 bits per heavy atom. The fourth-order valence-corrected chi connectivity index (χ4v) is 3.07. The maximum atomic E-state index is 12.9. The van der Waals surface area contributed by atoms with Gasteiger partial charge in [0.1, 0.15) is 11.5 Å². The molecule has 0 radical (unpaired) electrons. The number of aryl methyl sites for hydroxylation is 1. The highest BCUT2D eigenvalue weighted by atomic mass is 79.9. The summed E-state index contributed by atoms with van der Waals surface area (Å²) in [5.41, 5.74) is 1.47. The predicted octanol–water partition coefficient (Wildman–Crippen LogP) is 4.03. The first-order chi connectivity index (χ1) is 10.8. The molecule has 0 aliphatic heterocycles. The van der Waals surface area contributed by atoms with Crippen molar-refractivity contribution in [3.05, 3.63) is 56.6 Å². The van der Waals surface area contributed by atoms with Crippen LogP contribution in [0.4, 0.5) is 0 Å². The van der Waals surface area contributed by atoms with Crippen molar-refractivity contribution in [2.75, 3.05) is 0 Å². The molecule has 0 saturated carbocycles. The van der Waals surface area contributed by atoms with Crippen LogP contribution >= 0.6 is 15.9 Å². The van der Waals surface area contributed by atoms with Crippen molar-refractivity contribution in [2.24, 2.45) is 0 Å². The lowest BCUT2D eigenvalue weighted by atomic mass is 9.82. The Hall–Kier alpha value is -2.14. The van der Waals surface area contributed by atoms with Gasteiger partial charge in [0.05, 0.1) is 21.7 Å². The van der Waals surface area contributed by atoms with Crippen molar-refractivity contribution in [3.8, 4) is 11.5 Å². The monoisotopic (exact) mass is 374 g/mol. The fraction of sp³-hybridized carbons (Fsp3) is 0.222. The number of carbonyl (C=O) groups is 2. The Balaban J connectivity index is 2.30. The van der Waals surface area contributed by atoms with Crippen molar-refractivity contribution >= 4 is 27.5 Å². The summed E-state index contributed by atoms with van der Waals surface area (Å²) in [6.45, 7) is 5.45. The third-order valence-corrected chi connectivity index (χ3v) is 4.75. The number of fused-ring (bicyclic) bond motifs is 2. The summed E-state index contributed by atoms with van der Waals surface area (Å²) >= 11 is 3.26. The van der Waals surface area contributed by atoms with E-state index < -0.39 is 5.78 Å². The fourth-order valence-electron chi connectivity index (χ4n) is 2.76. The number of ether oxygens (including phenoxy) is 1. The number of phenolic OH excluding ortho intramolecular Hbond substituents is 1. The van der Waals surface area contributed by atoms with Gasteiger partial charge in [0.25, 0.3) is 0 Å². The Bertz CT molecular complexity index is 853. The van der Waals surface area contributed by atoms with Crippen molar-refractivity contribution in [1.82, 2.24) is 0 Å². The van der Waals surface area contributed by atoms with Crippen LogP contribution in [0.5, 0.6) is 11.5 Å². The van der Waals surface area contributed by atoms with Crippen LogP contribution in [0.15, 0.2) is 28.7 Å². The van der Waals surface area contributed by atoms with E-state index in [-0.39, 0.29) is 34.3 Å². The third kappa shape index (κ3) is 2.36. The number of hydrogen-bond acceptors (Lipinski definition) is 4. The topological polar surface area (TPSA) is 63.6 Å². The van der Waals surface area contributed by atoms with Crippen LogP contribution in [-0.2, 0) is 0 Å². The lowest BCUT2D eigenvalue weighted by molar-refractivity contribution is 0.0971. The van der Waals surface area contributed by atoms with E-state index in [2.05, 4.69) is 15.9 Å². The number of phenols is 1. The van der Waals surface area contributed by atoms with Crippen molar-refractivity contribution < 1.29 is 19.4 Å². The minimum absolute atomic E-state index is 0.0276. The van der Waals surface area contributed by atoms with Gasteiger partial charge in [-0.2, -0.15) is 0 Å². The van der Waals surface area contributed by atoms with Crippen LogP contribution in [0.1, 0.15) is 51.3 Å². The Kier molecular flexibility index (Phi) is 3.76. The molecule has 1 aliphatic carbocycles. The molecule has 0 amide bonds. The van der Waals surface area contributed by atoms with Crippen molar-refractivity contribution in [3.63, 3.8) is 0 Å². The highest BCUT2D eigenvalue weighted by Crippen LogP contribution is 2.41. The van der Waals surface area contributed by atoms with Crippen LogP contribution in [0.25, 0.3) is 0 Å². The van der Waals surface area contributed by atoms with Gasteiger partial charge in [0.2, 0.25) is 5.78 Å². The molecule has 0 bridgehead atoms. The summed E-state index contributed by atoms with van der Waals surface area (Å²) in [5.74, 6) is -0.528. The molecule has 23 heavy (non-hydrogen) atoms. The number of carbonyl (C=O) groups excluding carboxylic acids is 2. The maximum absolute atomic E-state index is 12.9. The SMILES string of the molecule is Cc1cc2c(c(O)c1Br)C(=O)c1c(OC(C)C)cccc1C2=O. The first kappa shape index (κ1) is 15.7. The second kappa shape index (κ2) is 5.49. The molecular formula is C18H15BrO4. The maximum Gasteiger partial charge on any atom is 0.202 e. The molecule has 0 unspecified atom stereocenters. The number of hydrogen-bond donors (Lipinski definition) is 1. The van der Waals surface area contributed by atoms with Gasteiger partial charge < -0.3 is 9.84 Å². The van der Waals surface area contributed by atoms with Gasteiger partial charge in [-0.25, -0.2) is 0 Å². The molecule has 0 aromatic heterocycles. The van der Waals surface area contributed by atoms with E-state index in [0.29, 0.717) is 21.3 Å². The van der Waals surface area contributed by atoms with E-state index in [1.54, 1.807) is 31.2 Å². The van der Waals surface area contributed by atoms with E-state index >= 15 is 0 Å². The van der Waals surface area contributed by atoms with Gasteiger partial charge in [-0.1, -0.05) is 12.1 Å². The molecule has 118 valence electrons. The second-order valence-corrected chi connectivity index (χ2v) is 6.58. The average Bonchev–Trinajstić information content (AvgIpc) is 2.49. The zero-order valence-corrected chi connectivity index (χ0v) is 14.5. The lowest BCUT2D eigenvalue weighted by Gasteiger charge is -2.23. The molecule has 0 atom stereocenters. The zero-order valence-electron chi connectivity index (χ0n) is 12.9. The number of benzene rings is 2. The first-order valence-corrected chi connectivity index (χ1v) is 8.03. The molecule has 0 saturated heterocycles. The average molecular weight is 375 g/mol. The van der Waals surface area contributed by atoms with Crippen LogP contribution in [0, 0.1) is 6.92 Å². The van der Waals surface area contributed by atoms with Crippen LogP contribution in [-0.4, -0.2) is 22.8 Å². The summed E-state index contributed by atoms with van der Waals surface area (Å²) < 4.78 is 6.09. The Morgan fingerprint density at radius 1 is 1.09 bits per heavy atom. The summed E-state index contributed by atoms with van der Waals surface area (Å²) in [4.78, 5) is 25.7. The quantitative estimate of drug-likeness (QED) is 0.735. The van der Waals surface area contributed by atoms with Gasteiger partial charge in [-0.3, -0.25) is 9.59 Å². The number of aromatic hydroxyl groups is 1. The molecule has 2 aromatic carbocycles. The van der Waals surface area contributed by atoms with Crippen LogP contribution in [0.3, 0.4) is 0 Å². The van der Waals surface area contributed by atoms with E-state index in [0.717, 1.165) is 0 Å². The number of halogens is 1. The Labute approximate surface area is 142 Å². The molecule has 1 N–H and O–H groups in total. The van der Waals surface area contributed by atoms with E-state index in [4.69, 9.17) is 4.74 Å². The summed E-state index contributed by atoms with van der Waals surface area (Å²) in [6.07, 6.45) is -0.135. The van der Waals surface area contributed by atoms with E-state index in [9.17, 15) is 14.7 Å². The first-order valence-electron chi connectivity index (χ1n) is 7.24. The van der Waals surface area contributed by atoms with Gasteiger partial charge in [0.15, 0.2) is 5.78 Å². The molecule has 5 heteroatoms. The van der Waals surface area contributed by atoms with Crippen LogP contribution in [0.2, 0.25) is 0 Å². The number of rotatable bonds is 2. The molecule has 0 spiro atoms. The van der Waals surface area contributed by atoms with Gasteiger partial charge in [-0.05, 0) is 54.4 Å².